The third-order valence-corrected chi connectivity index (χ3v) is 4.50. The van der Waals surface area contributed by atoms with E-state index in [0.29, 0.717) is 5.56 Å². The quantitative estimate of drug-likeness (QED) is 0.515. The lowest BCUT2D eigenvalue weighted by Crippen LogP contribution is -2.06. The van der Waals surface area contributed by atoms with E-state index in [-0.39, 0.29) is 5.78 Å². The fraction of sp³-hybridized carbons (Fsp3) is 0.278. The third kappa shape index (κ3) is 2.84. The smallest absolute Gasteiger partial charge is 0.187 e. The fourth-order valence-corrected chi connectivity index (χ4v) is 3.32. The summed E-state index contributed by atoms with van der Waals surface area (Å²) in [5.41, 5.74) is 4.53. The first-order valence-corrected chi connectivity index (χ1v) is 7.79. The van der Waals surface area contributed by atoms with Gasteiger partial charge in [-0.3, -0.25) is 4.79 Å². The van der Waals surface area contributed by atoms with Gasteiger partial charge in [-0.25, -0.2) is 0 Å². The van der Waals surface area contributed by atoms with Gasteiger partial charge in [0.25, 0.3) is 0 Å². The SMILES string of the molecule is Cn1c(/C(S)=C/C(=O)c2ccccc2)cc2c1CCCC2. The lowest BCUT2D eigenvalue weighted by Gasteiger charge is -2.13. The van der Waals surface area contributed by atoms with E-state index < -0.39 is 0 Å². The van der Waals surface area contributed by atoms with Gasteiger partial charge < -0.3 is 4.57 Å². The fourth-order valence-electron chi connectivity index (χ4n) is 2.99. The van der Waals surface area contributed by atoms with E-state index in [1.807, 2.05) is 30.3 Å². The van der Waals surface area contributed by atoms with Gasteiger partial charge in [0.05, 0.1) is 5.69 Å². The predicted octanol–water partition coefficient (Wildman–Crippen LogP) is 4.06. The Morgan fingerprint density at radius 1 is 1.19 bits per heavy atom. The molecule has 0 bridgehead atoms. The summed E-state index contributed by atoms with van der Waals surface area (Å²) in [6, 6.07) is 11.5. The molecule has 0 N–H and O–H groups in total. The zero-order valence-electron chi connectivity index (χ0n) is 12.2. The van der Waals surface area contributed by atoms with Crippen LogP contribution in [0, 0.1) is 0 Å². The molecule has 3 rings (SSSR count). The zero-order valence-corrected chi connectivity index (χ0v) is 13.1. The summed E-state index contributed by atoms with van der Waals surface area (Å²) in [5, 5.41) is 0. The highest BCUT2D eigenvalue weighted by atomic mass is 32.1. The molecule has 0 radical (unpaired) electrons. The number of carbonyl (C=O) groups excluding carboxylic acids is 1. The van der Waals surface area contributed by atoms with Gasteiger partial charge in [0.15, 0.2) is 5.78 Å². The van der Waals surface area contributed by atoms with Crippen molar-refractivity contribution >= 4 is 23.3 Å². The number of hydrogen-bond acceptors (Lipinski definition) is 2. The van der Waals surface area contributed by atoms with Gasteiger partial charge >= 0.3 is 0 Å². The maximum atomic E-state index is 12.2. The van der Waals surface area contributed by atoms with Crippen molar-refractivity contribution in [1.29, 1.82) is 0 Å². The zero-order chi connectivity index (χ0) is 14.8. The Morgan fingerprint density at radius 3 is 2.62 bits per heavy atom. The van der Waals surface area contributed by atoms with Gasteiger partial charge in [-0.15, -0.1) is 12.6 Å². The molecule has 1 aliphatic carbocycles. The van der Waals surface area contributed by atoms with Crippen LogP contribution in [0.5, 0.6) is 0 Å². The largest absolute Gasteiger partial charge is 0.347 e. The average Bonchev–Trinajstić information content (AvgIpc) is 2.86. The summed E-state index contributed by atoms with van der Waals surface area (Å²) in [5.74, 6) is -0.000211. The summed E-state index contributed by atoms with van der Waals surface area (Å²) in [6.45, 7) is 0. The molecule has 0 fully saturated rings. The molecule has 0 aliphatic heterocycles. The van der Waals surface area contributed by atoms with Gasteiger partial charge in [-0.2, -0.15) is 0 Å². The molecule has 108 valence electrons. The van der Waals surface area contributed by atoms with Crippen molar-refractivity contribution in [1.82, 2.24) is 4.57 Å². The first kappa shape index (κ1) is 14.2. The van der Waals surface area contributed by atoms with Gasteiger partial charge in [-0.05, 0) is 37.3 Å². The molecule has 0 saturated carbocycles. The van der Waals surface area contributed by atoms with Crippen molar-refractivity contribution in [3.63, 3.8) is 0 Å². The van der Waals surface area contributed by atoms with E-state index >= 15 is 0 Å². The molecule has 0 spiro atoms. The average molecular weight is 297 g/mol. The number of allylic oxidation sites excluding steroid dienone is 1. The molecule has 0 amide bonds. The van der Waals surface area contributed by atoms with Crippen LogP contribution < -0.4 is 0 Å². The number of hydrogen-bond donors (Lipinski definition) is 1. The van der Waals surface area contributed by atoms with Crippen molar-refractivity contribution in [3.05, 3.63) is 65.0 Å². The summed E-state index contributed by atoms with van der Waals surface area (Å²) in [6.07, 6.45) is 6.39. The third-order valence-electron chi connectivity index (χ3n) is 4.15. The number of thiol groups is 1. The van der Waals surface area contributed by atoms with Crippen LogP contribution in [-0.2, 0) is 19.9 Å². The number of nitrogens with zero attached hydrogens (tertiary/aromatic N) is 1. The molecule has 1 heterocycles. The van der Waals surface area contributed by atoms with E-state index in [2.05, 4.69) is 30.3 Å². The molecule has 1 aromatic carbocycles. The maximum Gasteiger partial charge on any atom is 0.187 e. The lowest BCUT2D eigenvalue weighted by molar-refractivity contribution is 0.104. The van der Waals surface area contributed by atoms with Crippen LogP contribution in [0.25, 0.3) is 4.91 Å². The monoisotopic (exact) mass is 297 g/mol. The highest BCUT2D eigenvalue weighted by Gasteiger charge is 2.17. The van der Waals surface area contributed by atoms with Crippen LogP contribution in [0.1, 0.15) is 40.2 Å². The van der Waals surface area contributed by atoms with Crippen LogP contribution in [0.4, 0.5) is 0 Å². The second-order valence-electron chi connectivity index (χ2n) is 5.53. The van der Waals surface area contributed by atoms with Gasteiger partial charge in [0, 0.05) is 29.3 Å². The van der Waals surface area contributed by atoms with Crippen LogP contribution in [0.15, 0.2) is 42.5 Å². The second-order valence-corrected chi connectivity index (χ2v) is 6.01. The molecule has 3 heteroatoms. The van der Waals surface area contributed by atoms with Crippen molar-refractivity contribution in [3.8, 4) is 0 Å². The van der Waals surface area contributed by atoms with Crippen molar-refractivity contribution < 1.29 is 4.79 Å². The summed E-state index contributed by atoms with van der Waals surface area (Å²) >= 11 is 4.56. The van der Waals surface area contributed by atoms with Crippen LogP contribution in [0.3, 0.4) is 0 Å². The first-order valence-electron chi connectivity index (χ1n) is 7.34. The van der Waals surface area contributed by atoms with E-state index in [0.717, 1.165) is 23.4 Å². The Hall–Kier alpha value is -1.74. The minimum absolute atomic E-state index is 0.000211. The number of carbonyl (C=O) groups is 1. The van der Waals surface area contributed by atoms with Gasteiger partial charge in [-0.1, -0.05) is 30.3 Å². The van der Waals surface area contributed by atoms with Crippen LogP contribution >= 0.6 is 12.6 Å². The number of benzene rings is 1. The van der Waals surface area contributed by atoms with Crippen LogP contribution in [0.2, 0.25) is 0 Å². The molecule has 0 atom stereocenters. The minimum atomic E-state index is -0.000211. The topological polar surface area (TPSA) is 22.0 Å². The van der Waals surface area contributed by atoms with Crippen molar-refractivity contribution in [2.75, 3.05) is 0 Å². The molecule has 1 aliphatic rings. The summed E-state index contributed by atoms with van der Waals surface area (Å²) in [4.78, 5) is 13.0. The molecule has 2 nitrogen and oxygen atoms in total. The summed E-state index contributed by atoms with van der Waals surface area (Å²) in [7, 11) is 2.07. The predicted molar refractivity (Wildman–Crippen MR) is 89.8 cm³/mol. The van der Waals surface area contributed by atoms with E-state index in [4.69, 9.17) is 0 Å². The Labute approximate surface area is 130 Å². The number of fused-ring (bicyclic) bond motifs is 1. The Kier molecular flexibility index (Phi) is 4.02. The molecule has 0 saturated heterocycles. The number of aromatic nitrogens is 1. The summed E-state index contributed by atoms with van der Waals surface area (Å²) < 4.78 is 2.19. The number of aryl methyl sites for hydroxylation is 1. The number of ketones is 1. The normalized spacial score (nSPS) is 14.9. The standard InChI is InChI=1S/C18H19NOS/c1-19-15-10-6-5-9-14(15)11-16(19)18(21)12-17(20)13-7-3-2-4-8-13/h2-4,7-8,11-12,21H,5-6,9-10H2,1H3/b18-12-. The molecular weight excluding hydrogens is 278 g/mol. The lowest BCUT2D eigenvalue weighted by atomic mass is 9.98. The van der Waals surface area contributed by atoms with E-state index in [1.54, 1.807) is 6.08 Å². The molecule has 21 heavy (non-hydrogen) atoms. The maximum absolute atomic E-state index is 12.2. The Balaban J connectivity index is 1.92. The first-order chi connectivity index (χ1) is 10.2. The van der Waals surface area contributed by atoms with Crippen molar-refractivity contribution in [2.24, 2.45) is 7.05 Å². The Bertz CT molecular complexity index is 698. The van der Waals surface area contributed by atoms with E-state index in [1.165, 1.54) is 24.1 Å². The highest BCUT2D eigenvalue weighted by molar-refractivity contribution is 7.90. The molecule has 2 aromatic rings. The van der Waals surface area contributed by atoms with E-state index in [9.17, 15) is 4.79 Å². The van der Waals surface area contributed by atoms with Gasteiger partial charge in [0.1, 0.15) is 0 Å². The molecule has 1 aromatic heterocycles. The molecular formula is C18H19NOS. The second kappa shape index (κ2) is 5.94. The Morgan fingerprint density at radius 2 is 1.90 bits per heavy atom. The number of rotatable bonds is 3. The van der Waals surface area contributed by atoms with Gasteiger partial charge in [0.2, 0.25) is 0 Å². The van der Waals surface area contributed by atoms with Crippen LogP contribution in [-0.4, -0.2) is 10.4 Å². The minimum Gasteiger partial charge on any atom is -0.347 e. The molecule has 0 unspecified atom stereocenters. The highest BCUT2D eigenvalue weighted by Crippen LogP contribution is 2.29. The van der Waals surface area contributed by atoms with Crippen molar-refractivity contribution in [2.45, 2.75) is 25.7 Å².